The van der Waals surface area contributed by atoms with Gasteiger partial charge in [0.05, 0.1) is 35.3 Å². The molecule has 2 heterocycles. The highest BCUT2D eigenvalue weighted by atomic mass is 32.2. The number of hydrogen-bond donors (Lipinski definition) is 1. The fraction of sp³-hybridized carbons (Fsp3) is 0.517. The van der Waals surface area contributed by atoms with Crippen LogP contribution in [0, 0.1) is 17.3 Å². The van der Waals surface area contributed by atoms with Crippen LogP contribution in [0.15, 0.2) is 63.6 Å². The first kappa shape index (κ1) is 28.0. The van der Waals surface area contributed by atoms with E-state index in [2.05, 4.69) is 29.9 Å². The minimum absolute atomic E-state index is 0.0707. The minimum Gasteiger partial charge on any atom is -0.464 e. The zero-order chi connectivity index (χ0) is 28.5. The molecule has 2 aromatic carbocycles. The van der Waals surface area contributed by atoms with E-state index in [-0.39, 0.29) is 17.3 Å². The van der Waals surface area contributed by atoms with Crippen molar-refractivity contribution in [2.24, 2.45) is 21.6 Å². The number of hydrogen-bond acceptors (Lipinski definition) is 7. The van der Waals surface area contributed by atoms with E-state index in [0.29, 0.717) is 29.5 Å². The van der Waals surface area contributed by atoms with Gasteiger partial charge < -0.3 is 13.7 Å². The molecule has 3 aliphatic carbocycles. The van der Waals surface area contributed by atoms with Gasteiger partial charge in [0, 0.05) is 27.6 Å². The van der Waals surface area contributed by atoms with Crippen LogP contribution < -0.4 is 4.72 Å². The number of fused-ring (bicyclic) bond motifs is 1. The van der Waals surface area contributed by atoms with E-state index < -0.39 is 38.4 Å². The summed E-state index contributed by atoms with van der Waals surface area (Å²) < 4.78 is 65.5. The molecule has 1 aliphatic heterocycles. The molecule has 8 nitrogen and oxygen atoms in total. The van der Waals surface area contributed by atoms with E-state index in [1.165, 1.54) is 0 Å². The highest BCUT2D eigenvalue weighted by Crippen LogP contribution is 2.65. The first-order valence-corrected chi connectivity index (χ1v) is 17.8. The van der Waals surface area contributed by atoms with Gasteiger partial charge in [-0.1, -0.05) is 44.2 Å². The number of rotatable bonds is 8. The van der Waals surface area contributed by atoms with Crippen LogP contribution in [0.5, 0.6) is 0 Å². The van der Waals surface area contributed by atoms with Crippen molar-refractivity contribution < 1.29 is 26.4 Å². The second kappa shape index (κ2) is 9.69. The maximum Gasteiger partial charge on any atom is 0.477 e. The van der Waals surface area contributed by atoms with Gasteiger partial charge in [0.2, 0.25) is 10.0 Å². The summed E-state index contributed by atoms with van der Waals surface area (Å²) in [4.78, 5) is 0. The van der Waals surface area contributed by atoms with Crippen molar-refractivity contribution >= 4 is 43.5 Å². The third-order valence-electron chi connectivity index (χ3n) is 9.22. The van der Waals surface area contributed by atoms with E-state index in [9.17, 15) is 12.6 Å². The van der Waals surface area contributed by atoms with Crippen molar-refractivity contribution in [3.63, 3.8) is 0 Å². The molecule has 0 unspecified atom stereocenters. The van der Waals surface area contributed by atoms with Gasteiger partial charge in [-0.2, -0.15) is 4.36 Å². The third kappa shape index (κ3) is 5.15. The molecule has 0 spiro atoms. The fourth-order valence-corrected chi connectivity index (χ4v) is 9.12. The van der Waals surface area contributed by atoms with Crippen LogP contribution in [-0.4, -0.2) is 49.9 Å². The predicted octanol–water partition coefficient (Wildman–Crippen LogP) is 5.09. The quantitative estimate of drug-likeness (QED) is 0.370. The van der Waals surface area contributed by atoms with E-state index >= 15 is 0 Å². The van der Waals surface area contributed by atoms with Crippen LogP contribution in [0.4, 0.5) is 5.69 Å². The smallest absolute Gasteiger partial charge is 0.464 e. The normalized spacial score (nSPS) is 28.2. The highest BCUT2D eigenvalue weighted by molar-refractivity contribution is 7.92. The van der Waals surface area contributed by atoms with Crippen molar-refractivity contribution in [2.75, 3.05) is 12.5 Å². The zero-order valence-electron chi connectivity index (χ0n) is 23.6. The molecule has 4 aliphatic rings. The zero-order valence-corrected chi connectivity index (χ0v) is 25.3. The Balaban J connectivity index is 1.28. The topological polar surface area (TPSA) is 107 Å². The minimum atomic E-state index is -3.82. The molecule has 0 radical (unpaired) electrons. The molecule has 1 N–H and O–H groups in total. The van der Waals surface area contributed by atoms with E-state index in [1.807, 2.05) is 24.3 Å². The molecule has 3 saturated carbocycles. The van der Waals surface area contributed by atoms with Crippen LogP contribution in [-0.2, 0) is 41.2 Å². The molecular weight excluding hydrogens is 547 g/mol. The lowest BCUT2D eigenvalue weighted by Gasteiger charge is -2.64. The van der Waals surface area contributed by atoms with Gasteiger partial charge in [0.15, 0.2) is 0 Å². The Morgan fingerprint density at radius 3 is 2.60 bits per heavy atom. The molecule has 3 aromatic rings. The SMILES string of the molecule is CC1(C)[C@@H]2C[C@H]3OB([C@H](Cc4coc5ccccc45)NS(=O)(=O)Cc4cccc(N=S(C)(C)=O)c4)O[C@@]3(C)[C@H]1C2. The molecule has 1 saturated heterocycles. The van der Waals surface area contributed by atoms with Gasteiger partial charge >= 0.3 is 7.12 Å². The standard InChI is InChI=1S/C29H37BN2O6S2/c1-28(2)21-15-25(28)29(3)26(16-21)37-30(38-29)27(14-20-17-36-24-12-7-6-11-23(20)24)32-40(34,35)18-19-9-8-10-22(13-19)31-39(4,5)33/h6-13,17,21,25-27,32H,14-16,18H2,1-5H3/t21-,25-,26+,27-,29-/m0/s1. The van der Waals surface area contributed by atoms with Crippen LogP contribution in [0.3, 0.4) is 0 Å². The molecule has 214 valence electrons. The van der Waals surface area contributed by atoms with Gasteiger partial charge in [0.1, 0.15) is 5.58 Å². The summed E-state index contributed by atoms with van der Waals surface area (Å²) in [5.74, 6) is 0.0365. The second-order valence-corrected chi connectivity index (χ2v) is 17.0. The van der Waals surface area contributed by atoms with Gasteiger partial charge in [-0.15, -0.1) is 0 Å². The largest absolute Gasteiger partial charge is 0.477 e. The van der Waals surface area contributed by atoms with Crippen molar-refractivity contribution in [2.45, 2.75) is 63.4 Å². The number of furan rings is 1. The van der Waals surface area contributed by atoms with Crippen molar-refractivity contribution in [3.05, 3.63) is 65.9 Å². The molecule has 0 amide bonds. The van der Waals surface area contributed by atoms with Gasteiger partial charge in [0.25, 0.3) is 0 Å². The average Bonchev–Trinajstić information content (AvgIpc) is 3.42. The fourth-order valence-electron chi connectivity index (χ4n) is 7.14. The highest BCUT2D eigenvalue weighted by Gasteiger charge is 2.68. The van der Waals surface area contributed by atoms with Crippen LogP contribution >= 0.6 is 0 Å². The molecule has 7 rings (SSSR count). The first-order chi connectivity index (χ1) is 18.7. The lowest BCUT2D eigenvalue weighted by molar-refractivity contribution is -0.199. The van der Waals surface area contributed by atoms with Crippen LogP contribution in [0.1, 0.15) is 44.7 Å². The van der Waals surface area contributed by atoms with Crippen molar-refractivity contribution in [1.29, 1.82) is 0 Å². The summed E-state index contributed by atoms with van der Waals surface area (Å²) in [5.41, 5.74) is 2.40. The molecule has 5 atom stereocenters. The Morgan fingerprint density at radius 2 is 1.85 bits per heavy atom. The Kier molecular flexibility index (Phi) is 6.78. The van der Waals surface area contributed by atoms with Crippen LogP contribution in [0.2, 0.25) is 0 Å². The van der Waals surface area contributed by atoms with E-state index in [0.717, 1.165) is 29.4 Å². The summed E-state index contributed by atoms with van der Waals surface area (Å²) in [6.45, 7) is 6.74. The molecule has 4 fully saturated rings. The Bertz CT molecular complexity index is 1670. The maximum absolute atomic E-state index is 13.6. The molecule has 11 heteroatoms. The monoisotopic (exact) mass is 584 g/mol. The number of benzene rings is 2. The lowest BCUT2D eigenvalue weighted by atomic mass is 9.43. The summed E-state index contributed by atoms with van der Waals surface area (Å²) in [7, 11) is -6.93. The maximum atomic E-state index is 13.6. The summed E-state index contributed by atoms with van der Waals surface area (Å²) >= 11 is 0. The summed E-state index contributed by atoms with van der Waals surface area (Å²) in [6, 6.07) is 14.6. The first-order valence-electron chi connectivity index (χ1n) is 13.8. The molecule has 2 bridgehead atoms. The summed E-state index contributed by atoms with van der Waals surface area (Å²) in [5, 5.41) is 0.939. The lowest BCUT2D eigenvalue weighted by Crippen LogP contribution is -2.65. The number of sulfonamides is 1. The predicted molar refractivity (Wildman–Crippen MR) is 158 cm³/mol. The number of para-hydroxylation sites is 1. The van der Waals surface area contributed by atoms with Gasteiger partial charge in [-0.3, -0.25) is 0 Å². The molecule has 1 aromatic heterocycles. The second-order valence-electron chi connectivity index (χ2n) is 12.7. The average molecular weight is 585 g/mol. The van der Waals surface area contributed by atoms with E-state index in [4.69, 9.17) is 13.7 Å². The molecule has 40 heavy (non-hydrogen) atoms. The van der Waals surface area contributed by atoms with Crippen molar-refractivity contribution in [1.82, 2.24) is 4.72 Å². The number of nitrogens with zero attached hydrogens (tertiary/aromatic N) is 1. The third-order valence-corrected chi connectivity index (χ3v) is 11.2. The Labute approximate surface area is 237 Å². The molecular formula is C29H37BN2O6S2. The van der Waals surface area contributed by atoms with Gasteiger partial charge in [-0.05, 0) is 72.8 Å². The van der Waals surface area contributed by atoms with Crippen LogP contribution in [0.25, 0.3) is 11.0 Å². The number of nitrogens with one attached hydrogen (secondary N) is 1. The van der Waals surface area contributed by atoms with Gasteiger partial charge in [-0.25, -0.2) is 17.3 Å². The Hall–Kier alpha value is -2.18. The summed E-state index contributed by atoms with van der Waals surface area (Å²) in [6.07, 6.45) is 7.09. The van der Waals surface area contributed by atoms with Crippen molar-refractivity contribution in [3.8, 4) is 0 Å². The van der Waals surface area contributed by atoms with E-state index in [1.54, 1.807) is 43.0 Å². The Morgan fingerprint density at radius 1 is 1.07 bits per heavy atom.